The minimum Gasteiger partial charge on any atom is -0.393 e. The number of hydrogen-bond donors (Lipinski definition) is 1. The molecule has 0 aliphatic carbocycles. The predicted octanol–water partition coefficient (Wildman–Crippen LogP) is 12.1. The highest BCUT2D eigenvalue weighted by Gasteiger charge is 2.18. The molecule has 0 saturated heterocycles. The molecule has 0 aromatic carbocycles. The Morgan fingerprint density at radius 3 is 1.14 bits per heavy atom. The van der Waals surface area contributed by atoms with Crippen LogP contribution in [0.15, 0.2) is 12.2 Å². The van der Waals surface area contributed by atoms with Gasteiger partial charge in [-0.1, -0.05) is 161 Å². The van der Waals surface area contributed by atoms with Crippen molar-refractivity contribution in [3.05, 3.63) is 12.2 Å². The lowest BCUT2D eigenvalue weighted by Gasteiger charge is -2.23. The van der Waals surface area contributed by atoms with Gasteiger partial charge < -0.3 is 5.11 Å². The van der Waals surface area contributed by atoms with Gasteiger partial charge in [0.25, 0.3) is 0 Å². The van der Waals surface area contributed by atoms with Crippen molar-refractivity contribution in [1.29, 1.82) is 0 Å². The summed E-state index contributed by atoms with van der Waals surface area (Å²) < 4.78 is 0. The Morgan fingerprint density at radius 1 is 0.400 bits per heavy atom. The zero-order chi connectivity index (χ0) is 25.7. The van der Waals surface area contributed by atoms with Crippen molar-refractivity contribution in [1.82, 2.24) is 0 Å². The van der Waals surface area contributed by atoms with E-state index in [1.165, 1.54) is 167 Å². The molecular weight excluding hydrogens is 424 g/mol. The zero-order valence-corrected chi connectivity index (χ0v) is 24.8. The topological polar surface area (TPSA) is 20.2 Å². The standard InChI is InChI=1S/C34H68O/c1-4-7-10-13-15-16-17-18-19-20-21-22-23-24-26-29-32-34(35)33(30-27-12-9-6-3)31-28-25-14-11-8-5-2/h18-19,33-35H,4-17,20-32H2,1-3H3/b19-18-. The van der Waals surface area contributed by atoms with E-state index in [0.717, 1.165) is 6.42 Å². The van der Waals surface area contributed by atoms with Crippen molar-refractivity contribution in [2.75, 3.05) is 0 Å². The van der Waals surface area contributed by atoms with Crippen LogP contribution in [-0.4, -0.2) is 11.2 Å². The highest BCUT2D eigenvalue weighted by molar-refractivity contribution is 4.81. The molecule has 2 unspecified atom stereocenters. The van der Waals surface area contributed by atoms with E-state index in [1.807, 2.05) is 0 Å². The maximum absolute atomic E-state index is 10.9. The first-order valence-corrected chi connectivity index (χ1v) is 16.6. The molecule has 0 heterocycles. The molecule has 0 amide bonds. The van der Waals surface area contributed by atoms with Crippen LogP contribution in [0.1, 0.15) is 194 Å². The van der Waals surface area contributed by atoms with Crippen LogP contribution in [0.3, 0.4) is 0 Å². The van der Waals surface area contributed by atoms with Gasteiger partial charge in [0.2, 0.25) is 0 Å². The van der Waals surface area contributed by atoms with Crippen molar-refractivity contribution >= 4 is 0 Å². The van der Waals surface area contributed by atoms with Crippen molar-refractivity contribution in [3.8, 4) is 0 Å². The van der Waals surface area contributed by atoms with Crippen LogP contribution in [0.5, 0.6) is 0 Å². The Bertz CT molecular complexity index is 401. The maximum atomic E-state index is 10.9. The van der Waals surface area contributed by atoms with Crippen LogP contribution < -0.4 is 0 Å². The Hall–Kier alpha value is -0.300. The van der Waals surface area contributed by atoms with E-state index >= 15 is 0 Å². The van der Waals surface area contributed by atoms with Gasteiger partial charge in [-0.25, -0.2) is 0 Å². The molecule has 210 valence electrons. The molecule has 0 bridgehead atoms. The molecule has 1 heteroatoms. The molecule has 2 atom stereocenters. The van der Waals surface area contributed by atoms with Gasteiger partial charge in [0.1, 0.15) is 0 Å². The van der Waals surface area contributed by atoms with E-state index in [0.29, 0.717) is 5.92 Å². The monoisotopic (exact) mass is 493 g/mol. The molecule has 0 rings (SSSR count). The second-order valence-corrected chi connectivity index (χ2v) is 11.5. The van der Waals surface area contributed by atoms with E-state index in [-0.39, 0.29) is 6.10 Å². The third-order valence-corrected chi connectivity index (χ3v) is 7.91. The highest BCUT2D eigenvalue weighted by atomic mass is 16.3. The van der Waals surface area contributed by atoms with Gasteiger partial charge in [-0.3, -0.25) is 0 Å². The van der Waals surface area contributed by atoms with Gasteiger partial charge in [-0.2, -0.15) is 0 Å². The minimum atomic E-state index is -0.0518. The molecule has 0 aliphatic heterocycles. The zero-order valence-electron chi connectivity index (χ0n) is 24.8. The number of unbranched alkanes of at least 4 members (excludes halogenated alkanes) is 20. The van der Waals surface area contributed by atoms with Crippen LogP contribution in [0.2, 0.25) is 0 Å². The summed E-state index contributed by atoms with van der Waals surface area (Å²) in [5.74, 6) is 0.557. The van der Waals surface area contributed by atoms with Crippen LogP contribution in [-0.2, 0) is 0 Å². The van der Waals surface area contributed by atoms with E-state index in [2.05, 4.69) is 32.9 Å². The summed E-state index contributed by atoms with van der Waals surface area (Å²) >= 11 is 0. The smallest absolute Gasteiger partial charge is 0.0568 e. The normalized spacial score (nSPS) is 13.6. The summed E-state index contributed by atoms with van der Waals surface area (Å²) in [6, 6.07) is 0. The fraction of sp³-hybridized carbons (Fsp3) is 0.941. The van der Waals surface area contributed by atoms with Crippen molar-refractivity contribution in [2.24, 2.45) is 5.92 Å². The quantitative estimate of drug-likeness (QED) is 0.0812. The van der Waals surface area contributed by atoms with Crippen molar-refractivity contribution in [3.63, 3.8) is 0 Å². The van der Waals surface area contributed by atoms with E-state index in [4.69, 9.17) is 0 Å². The molecule has 1 N–H and O–H groups in total. The Morgan fingerprint density at radius 2 is 0.714 bits per heavy atom. The lowest BCUT2D eigenvalue weighted by molar-refractivity contribution is 0.0830. The number of aliphatic hydroxyl groups is 1. The molecule has 0 aliphatic rings. The first-order chi connectivity index (χ1) is 17.3. The Kier molecular flexibility index (Phi) is 29.7. The van der Waals surface area contributed by atoms with Crippen LogP contribution in [0, 0.1) is 5.92 Å². The lowest BCUT2D eigenvalue weighted by atomic mass is 9.87. The molecule has 0 fully saturated rings. The molecule has 0 radical (unpaired) electrons. The molecule has 0 aromatic heterocycles. The maximum Gasteiger partial charge on any atom is 0.0568 e. The van der Waals surface area contributed by atoms with Gasteiger partial charge >= 0.3 is 0 Å². The number of rotatable bonds is 29. The Balaban J connectivity index is 3.74. The van der Waals surface area contributed by atoms with Crippen molar-refractivity contribution in [2.45, 2.75) is 200 Å². The summed E-state index contributed by atoms with van der Waals surface area (Å²) in [6.45, 7) is 6.87. The summed E-state index contributed by atoms with van der Waals surface area (Å²) in [5, 5.41) is 10.9. The van der Waals surface area contributed by atoms with E-state index in [9.17, 15) is 5.11 Å². The number of hydrogen-bond acceptors (Lipinski definition) is 1. The van der Waals surface area contributed by atoms with Crippen LogP contribution in [0.4, 0.5) is 0 Å². The first kappa shape index (κ1) is 34.7. The molecule has 0 spiro atoms. The van der Waals surface area contributed by atoms with Crippen LogP contribution >= 0.6 is 0 Å². The third kappa shape index (κ3) is 26.6. The fourth-order valence-electron chi connectivity index (χ4n) is 5.39. The third-order valence-electron chi connectivity index (χ3n) is 7.91. The SMILES string of the molecule is CCCCCCCC/C=C\CCCCCCCCC(O)C(CCCCCC)CCCCCCCC. The molecule has 1 nitrogen and oxygen atoms in total. The van der Waals surface area contributed by atoms with E-state index in [1.54, 1.807) is 0 Å². The molecular formula is C34H68O. The average Bonchev–Trinajstić information content (AvgIpc) is 2.86. The number of allylic oxidation sites excluding steroid dienone is 2. The first-order valence-electron chi connectivity index (χ1n) is 16.6. The lowest BCUT2D eigenvalue weighted by Crippen LogP contribution is -2.20. The average molecular weight is 493 g/mol. The minimum absolute atomic E-state index is 0.0518. The molecule has 0 aromatic rings. The highest BCUT2D eigenvalue weighted by Crippen LogP contribution is 2.25. The van der Waals surface area contributed by atoms with Gasteiger partial charge in [0, 0.05) is 0 Å². The second kappa shape index (κ2) is 29.9. The second-order valence-electron chi connectivity index (χ2n) is 11.5. The van der Waals surface area contributed by atoms with Gasteiger partial charge in [0.15, 0.2) is 0 Å². The summed E-state index contributed by atoms with van der Waals surface area (Å²) in [5.41, 5.74) is 0. The van der Waals surface area contributed by atoms with Gasteiger partial charge in [-0.15, -0.1) is 0 Å². The fourth-order valence-corrected chi connectivity index (χ4v) is 5.39. The molecule has 0 saturated carbocycles. The summed E-state index contributed by atoms with van der Waals surface area (Å²) in [6.07, 6.45) is 40.8. The largest absolute Gasteiger partial charge is 0.393 e. The molecule has 35 heavy (non-hydrogen) atoms. The van der Waals surface area contributed by atoms with Gasteiger partial charge in [0.05, 0.1) is 6.10 Å². The Labute approximate surface area is 223 Å². The predicted molar refractivity (Wildman–Crippen MR) is 160 cm³/mol. The van der Waals surface area contributed by atoms with Gasteiger partial charge in [-0.05, 0) is 50.9 Å². The number of aliphatic hydroxyl groups excluding tert-OH is 1. The summed E-state index contributed by atoms with van der Waals surface area (Å²) in [4.78, 5) is 0. The van der Waals surface area contributed by atoms with Crippen LogP contribution in [0.25, 0.3) is 0 Å². The van der Waals surface area contributed by atoms with E-state index < -0.39 is 0 Å². The summed E-state index contributed by atoms with van der Waals surface area (Å²) in [7, 11) is 0. The van der Waals surface area contributed by atoms with Crippen molar-refractivity contribution < 1.29 is 5.11 Å².